The Morgan fingerprint density at radius 3 is 2.49 bits per heavy atom. The zero-order valence-corrected chi connectivity index (χ0v) is 21.3. The van der Waals surface area contributed by atoms with Crippen molar-refractivity contribution in [2.75, 3.05) is 0 Å². The smallest absolute Gasteiger partial charge is 0.253 e. The molecule has 1 amide bonds. The molecule has 0 fully saturated rings. The van der Waals surface area contributed by atoms with Gasteiger partial charge in [0.25, 0.3) is 11.5 Å². The third-order valence-corrected chi connectivity index (χ3v) is 6.33. The van der Waals surface area contributed by atoms with Gasteiger partial charge < -0.3 is 10.3 Å². The van der Waals surface area contributed by atoms with Gasteiger partial charge in [0.15, 0.2) is 0 Å². The Hall–Kier alpha value is -3.74. The van der Waals surface area contributed by atoms with Crippen molar-refractivity contribution in [3.8, 4) is 11.1 Å². The minimum atomic E-state index is -0.242. The van der Waals surface area contributed by atoms with Gasteiger partial charge in [0, 0.05) is 46.7 Å². The summed E-state index contributed by atoms with van der Waals surface area (Å²) in [5.74, 6) is 0.0992. The van der Waals surface area contributed by atoms with Crippen molar-refractivity contribution >= 4 is 16.8 Å². The molecule has 0 radical (unpaired) electrons. The molecule has 0 aliphatic rings. The van der Waals surface area contributed by atoms with Crippen LogP contribution in [0.1, 0.15) is 79.5 Å². The van der Waals surface area contributed by atoms with Crippen LogP contribution in [0.2, 0.25) is 0 Å². The number of aromatic amines is 1. The number of hydrogen-bond donors (Lipinski definition) is 2. The van der Waals surface area contributed by atoms with E-state index in [0.29, 0.717) is 17.0 Å². The fraction of sp³-hybridized carbons (Fsp3) is 0.357. The van der Waals surface area contributed by atoms with Gasteiger partial charge in [-0.3, -0.25) is 19.3 Å². The molecule has 7 nitrogen and oxygen atoms in total. The first-order valence-corrected chi connectivity index (χ1v) is 12.2. The first kappa shape index (κ1) is 24.4. The molecule has 0 spiro atoms. The molecule has 1 aromatic carbocycles. The summed E-state index contributed by atoms with van der Waals surface area (Å²) < 4.78 is 1.92. The molecular weight excluding hydrogens is 438 g/mol. The molecule has 0 aliphatic heterocycles. The summed E-state index contributed by atoms with van der Waals surface area (Å²) in [6, 6.07) is 10.1. The molecular formula is C28H33N5O2. The number of H-pyrrole nitrogens is 1. The number of rotatable bonds is 7. The van der Waals surface area contributed by atoms with Gasteiger partial charge in [0.1, 0.15) is 0 Å². The molecule has 0 saturated carbocycles. The highest BCUT2D eigenvalue weighted by Crippen LogP contribution is 2.30. The predicted molar refractivity (Wildman–Crippen MR) is 140 cm³/mol. The first-order chi connectivity index (χ1) is 16.7. The molecule has 3 aromatic heterocycles. The number of pyridine rings is 2. The molecule has 35 heavy (non-hydrogen) atoms. The number of aromatic nitrogens is 4. The van der Waals surface area contributed by atoms with Crippen LogP contribution in [0.4, 0.5) is 0 Å². The van der Waals surface area contributed by atoms with Crippen LogP contribution in [0.3, 0.4) is 0 Å². The standard InChI is InChI=1S/C28H33N5O2/c1-7-19-10-18(6)32-28(35)23(19)14-30-27(34)22-11-21(20-8-9-25(16(2)3)29-13-20)12-26-24(22)15-31-33(26)17(4)5/h8-13,15-17H,7,14H2,1-6H3,(H,30,34)(H,32,35). The molecule has 0 saturated heterocycles. The number of aryl methyl sites for hydroxylation is 2. The van der Waals surface area contributed by atoms with Crippen molar-refractivity contribution in [2.45, 2.75) is 66.5 Å². The SMILES string of the molecule is CCc1cc(C)[nH]c(=O)c1CNC(=O)c1cc(-c2ccc(C(C)C)nc2)cc2c1cnn2C(C)C. The Morgan fingerprint density at radius 1 is 1.09 bits per heavy atom. The zero-order chi connectivity index (χ0) is 25.3. The zero-order valence-electron chi connectivity index (χ0n) is 21.3. The normalized spacial score (nSPS) is 11.5. The number of carbonyl (C=O) groups excluding carboxylic acids is 1. The average Bonchev–Trinajstić information content (AvgIpc) is 3.26. The average molecular weight is 472 g/mol. The minimum absolute atomic E-state index is 0.137. The number of nitrogens with zero attached hydrogens (tertiary/aromatic N) is 3. The number of carbonyl (C=O) groups is 1. The number of amides is 1. The van der Waals surface area contributed by atoms with E-state index in [9.17, 15) is 9.59 Å². The van der Waals surface area contributed by atoms with Crippen molar-refractivity contribution in [2.24, 2.45) is 0 Å². The molecule has 0 atom stereocenters. The Morgan fingerprint density at radius 2 is 1.86 bits per heavy atom. The lowest BCUT2D eigenvalue weighted by molar-refractivity contribution is 0.0952. The predicted octanol–water partition coefficient (Wildman–Crippen LogP) is 5.29. The van der Waals surface area contributed by atoms with Crippen LogP contribution in [0.15, 0.2) is 47.5 Å². The lowest BCUT2D eigenvalue weighted by Crippen LogP contribution is -2.28. The Bertz CT molecular complexity index is 1430. The summed E-state index contributed by atoms with van der Waals surface area (Å²) in [5, 5.41) is 8.30. The van der Waals surface area contributed by atoms with Crippen LogP contribution in [-0.4, -0.2) is 25.7 Å². The second kappa shape index (κ2) is 9.86. The van der Waals surface area contributed by atoms with Crippen molar-refractivity contribution in [3.63, 3.8) is 0 Å². The summed E-state index contributed by atoms with van der Waals surface area (Å²) >= 11 is 0. The van der Waals surface area contributed by atoms with Gasteiger partial charge in [-0.1, -0.05) is 26.8 Å². The summed E-state index contributed by atoms with van der Waals surface area (Å²) in [6.07, 6.45) is 4.31. The second-order valence-corrected chi connectivity index (χ2v) is 9.59. The topological polar surface area (TPSA) is 92.7 Å². The first-order valence-electron chi connectivity index (χ1n) is 12.2. The molecule has 0 aliphatic carbocycles. The van der Waals surface area contributed by atoms with E-state index in [0.717, 1.165) is 45.4 Å². The second-order valence-electron chi connectivity index (χ2n) is 9.59. The highest BCUT2D eigenvalue weighted by molar-refractivity contribution is 6.08. The molecule has 3 heterocycles. The third kappa shape index (κ3) is 4.90. The van der Waals surface area contributed by atoms with E-state index in [1.165, 1.54) is 0 Å². The van der Waals surface area contributed by atoms with Crippen molar-refractivity contribution in [3.05, 3.63) is 81.2 Å². The number of benzene rings is 1. The summed E-state index contributed by atoms with van der Waals surface area (Å²) in [6.45, 7) is 12.4. The van der Waals surface area contributed by atoms with E-state index in [4.69, 9.17) is 0 Å². The lowest BCUT2D eigenvalue weighted by Gasteiger charge is -2.13. The van der Waals surface area contributed by atoms with Gasteiger partial charge >= 0.3 is 0 Å². The van der Waals surface area contributed by atoms with Crippen molar-refractivity contribution in [1.29, 1.82) is 0 Å². The molecule has 182 valence electrons. The number of hydrogen-bond acceptors (Lipinski definition) is 4. The fourth-order valence-corrected chi connectivity index (χ4v) is 4.39. The summed E-state index contributed by atoms with van der Waals surface area (Å²) in [4.78, 5) is 33.4. The maximum atomic E-state index is 13.4. The maximum Gasteiger partial charge on any atom is 0.253 e. The van der Waals surface area contributed by atoms with E-state index in [1.807, 2.05) is 49.0 Å². The van der Waals surface area contributed by atoms with Gasteiger partial charge in [0.05, 0.1) is 17.3 Å². The van der Waals surface area contributed by atoms with Crippen LogP contribution in [0.5, 0.6) is 0 Å². The highest BCUT2D eigenvalue weighted by Gasteiger charge is 2.18. The van der Waals surface area contributed by atoms with Crippen LogP contribution in [-0.2, 0) is 13.0 Å². The maximum absolute atomic E-state index is 13.4. The molecule has 4 aromatic rings. The molecule has 2 N–H and O–H groups in total. The van der Waals surface area contributed by atoms with Crippen molar-refractivity contribution < 1.29 is 4.79 Å². The van der Waals surface area contributed by atoms with E-state index >= 15 is 0 Å². The van der Waals surface area contributed by atoms with Gasteiger partial charge in [-0.25, -0.2) is 0 Å². The van der Waals surface area contributed by atoms with E-state index < -0.39 is 0 Å². The van der Waals surface area contributed by atoms with E-state index in [1.54, 1.807) is 6.20 Å². The summed E-state index contributed by atoms with van der Waals surface area (Å²) in [5.41, 5.74) is 6.45. The van der Waals surface area contributed by atoms with Gasteiger partial charge in [0.2, 0.25) is 0 Å². The summed E-state index contributed by atoms with van der Waals surface area (Å²) in [7, 11) is 0. The van der Waals surface area contributed by atoms with E-state index in [2.05, 4.69) is 54.1 Å². The third-order valence-electron chi connectivity index (χ3n) is 6.33. The highest BCUT2D eigenvalue weighted by atomic mass is 16.1. The lowest BCUT2D eigenvalue weighted by atomic mass is 9.99. The largest absolute Gasteiger partial charge is 0.348 e. The number of fused-ring (bicyclic) bond motifs is 1. The molecule has 4 rings (SSSR count). The molecule has 0 bridgehead atoms. The van der Waals surface area contributed by atoms with Crippen molar-refractivity contribution in [1.82, 2.24) is 25.1 Å². The Labute approximate surface area is 205 Å². The van der Waals surface area contributed by atoms with E-state index in [-0.39, 0.29) is 24.1 Å². The fourth-order valence-electron chi connectivity index (χ4n) is 4.39. The minimum Gasteiger partial charge on any atom is -0.348 e. The quantitative estimate of drug-likeness (QED) is 0.383. The molecule has 0 unspecified atom stereocenters. The number of nitrogens with one attached hydrogen (secondary N) is 2. The van der Waals surface area contributed by atoms with Gasteiger partial charge in [-0.2, -0.15) is 5.10 Å². The Kier molecular flexibility index (Phi) is 6.87. The van der Waals surface area contributed by atoms with Crippen LogP contribution in [0.25, 0.3) is 22.0 Å². The Balaban J connectivity index is 1.75. The van der Waals surface area contributed by atoms with Crippen LogP contribution in [0, 0.1) is 6.92 Å². The van der Waals surface area contributed by atoms with Gasteiger partial charge in [-0.15, -0.1) is 0 Å². The van der Waals surface area contributed by atoms with Gasteiger partial charge in [-0.05, 0) is 68.5 Å². The van der Waals surface area contributed by atoms with Crippen LogP contribution < -0.4 is 10.9 Å². The van der Waals surface area contributed by atoms with Crippen LogP contribution >= 0.6 is 0 Å². The monoisotopic (exact) mass is 471 g/mol. The molecule has 7 heteroatoms.